The Morgan fingerprint density at radius 2 is 1.91 bits per heavy atom. The lowest BCUT2D eigenvalue weighted by atomic mass is 9.65. The van der Waals surface area contributed by atoms with Crippen molar-refractivity contribution in [3.8, 4) is 0 Å². The van der Waals surface area contributed by atoms with Gasteiger partial charge in [-0.3, -0.25) is 4.79 Å². The normalized spacial score (nSPS) is 34.3. The number of aromatic amines is 1. The quantitative estimate of drug-likeness (QED) is 0.888. The number of hydrogen-bond acceptors (Lipinski definition) is 2. The van der Waals surface area contributed by atoms with E-state index in [4.69, 9.17) is 0 Å². The first-order valence-electron chi connectivity index (χ1n) is 8.36. The molecule has 122 valence electrons. The number of hydrogen-bond donors (Lipinski definition) is 2. The summed E-state index contributed by atoms with van der Waals surface area (Å²) < 4.78 is 0. The van der Waals surface area contributed by atoms with Gasteiger partial charge in [-0.05, 0) is 54.9 Å². The van der Waals surface area contributed by atoms with Gasteiger partial charge < -0.3 is 15.2 Å². The van der Waals surface area contributed by atoms with Crippen LogP contribution in [0.15, 0.2) is 30.5 Å². The fourth-order valence-electron chi connectivity index (χ4n) is 5.07. The molecule has 0 unspecified atom stereocenters. The van der Waals surface area contributed by atoms with Crippen LogP contribution in [0.5, 0.6) is 0 Å². The number of benzene rings is 1. The molecule has 5 heteroatoms. The summed E-state index contributed by atoms with van der Waals surface area (Å²) in [5, 5.41) is 4.46. The number of H-pyrrole nitrogens is 1. The number of carbonyl (C=O) groups is 1. The number of nitrogens with one attached hydrogen (secondary N) is 2. The van der Waals surface area contributed by atoms with Crippen molar-refractivity contribution in [2.24, 2.45) is 17.8 Å². The van der Waals surface area contributed by atoms with Gasteiger partial charge in [0.1, 0.15) is 0 Å². The summed E-state index contributed by atoms with van der Waals surface area (Å²) in [5.41, 5.74) is 1.86. The topological polar surface area (TPSA) is 48.1 Å². The van der Waals surface area contributed by atoms with Crippen LogP contribution < -0.4 is 5.32 Å². The molecule has 0 radical (unpaired) electrons. The van der Waals surface area contributed by atoms with Gasteiger partial charge in [0, 0.05) is 48.3 Å². The Bertz CT molecular complexity index is 713. The molecule has 6 rings (SSSR count). The predicted octanol–water partition coefficient (Wildman–Crippen LogP) is 2.66. The molecule has 1 aliphatic carbocycles. The van der Waals surface area contributed by atoms with Crippen LogP contribution in [0.25, 0.3) is 10.9 Å². The highest BCUT2D eigenvalue weighted by molar-refractivity contribution is 5.98. The van der Waals surface area contributed by atoms with E-state index >= 15 is 0 Å². The van der Waals surface area contributed by atoms with E-state index in [1.54, 1.807) is 0 Å². The Kier molecular flexibility index (Phi) is 3.62. The zero-order valence-electron chi connectivity index (χ0n) is 13.0. The number of rotatable bonds is 2. The van der Waals surface area contributed by atoms with Crippen LogP contribution in [0, 0.1) is 17.8 Å². The van der Waals surface area contributed by atoms with Gasteiger partial charge >= 0.3 is 0 Å². The summed E-state index contributed by atoms with van der Waals surface area (Å²) in [6.07, 6.45) is 4.52. The Labute approximate surface area is 142 Å². The first-order chi connectivity index (χ1) is 10.8. The van der Waals surface area contributed by atoms with Crippen LogP contribution in [0.3, 0.4) is 0 Å². The minimum absolute atomic E-state index is 0. The summed E-state index contributed by atoms with van der Waals surface area (Å²) in [4.78, 5) is 18.4. The van der Waals surface area contributed by atoms with Crippen molar-refractivity contribution in [3.63, 3.8) is 0 Å². The van der Waals surface area contributed by atoms with Crippen molar-refractivity contribution < 1.29 is 4.79 Å². The second kappa shape index (κ2) is 5.53. The lowest BCUT2D eigenvalue weighted by Crippen LogP contribution is -2.64. The number of amides is 1. The van der Waals surface area contributed by atoms with Crippen LogP contribution in [0.4, 0.5) is 0 Å². The van der Waals surface area contributed by atoms with E-state index in [-0.39, 0.29) is 18.3 Å². The van der Waals surface area contributed by atoms with Gasteiger partial charge in [-0.1, -0.05) is 0 Å². The van der Waals surface area contributed by atoms with Crippen molar-refractivity contribution in [2.45, 2.75) is 18.9 Å². The lowest BCUT2D eigenvalue weighted by molar-refractivity contribution is -0.0418. The molecule has 4 fully saturated rings. The third-order valence-corrected chi connectivity index (χ3v) is 5.90. The van der Waals surface area contributed by atoms with Gasteiger partial charge in [-0.15, -0.1) is 12.4 Å². The fourth-order valence-corrected chi connectivity index (χ4v) is 5.07. The third-order valence-electron chi connectivity index (χ3n) is 5.90. The molecule has 2 atom stereocenters. The largest absolute Gasteiger partial charge is 0.361 e. The first kappa shape index (κ1) is 15.0. The minimum atomic E-state index is 0. The molecule has 3 aliphatic heterocycles. The highest BCUT2D eigenvalue weighted by atomic mass is 35.5. The zero-order chi connectivity index (χ0) is 14.7. The van der Waals surface area contributed by atoms with Crippen LogP contribution in [-0.4, -0.2) is 41.5 Å². The molecule has 3 saturated heterocycles. The van der Waals surface area contributed by atoms with Gasteiger partial charge in [0.25, 0.3) is 5.91 Å². The highest BCUT2D eigenvalue weighted by Gasteiger charge is 2.47. The predicted molar refractivity (Wildman–Crippen MR) is 92.9 cm³/mol. The van der Waals surface area contributed by atoms with E-state index in [0.29, 0.717) is 17.9 Å². The summed E-state index contributed by atoms with van der Waals surface area (Å²) in [5.74, 6) is 2.29. The molecule has 2 N–H and O–H groups in total. The van der Waals surface area contributed by atoms with Crippen molar-refractivity contribution >= 4 is 29.2 Å². The maximum atomic E-state index is 12.7. The number of fused-ring (bicyclic) bond motifs is 1. The second-order valence-electron chi connectivity index (χ2n) is 7.36. The number of aromatic nitrogens is 1. The molecular formula is C18H22ClN3O. The van der Waals surface area contributed by atoms with Crippen LogP contribution in [0.2, 0.25) is 0 Å². The SMILES string of the molecule is Cl.O=C(NC1[C@@H]2CC3C[C@@H]1CN(C3)C2)c1ccc2[nH]ccc2c1. The molecule has 4 aliphatic rings. The van der Waals surface area contributed by atoms with E-state index in [2.05, 4.69) is 15.2 Å². The molecule has 1 amide bonds. The molecule has 1 aromatic heterocycles. The molecule has 2 aromatic rings. The summed E-state index contributed by atoms with van der Waals surface area (Å²) in [6.45, 7) is 3.64. The van der Waals surface area contributed by atoms with Crippen molar-refractivity contribution in [1.82, 2.24) is 15.2 Å². The Balaban J connectivity index is 0.00000135. The second-order valence-corrected chi connectivity index (χ2v) is 7.36. The molecular weight excluding hydrogens is 310 g/mol. The van der Waals surface area contributed by atoms with Gasteiger partial charge in [-0.2, -0.15) is 0 Å². The smallest absolute Gasteiger partial charge is 0.251 e. The van der Waals surface area contributed by atoms with Gasteiger partial charge in [0.05, 0.1) is 0 Å². The molecule has 0 spiro atoms. The third kappa shape index (κ3) is 2.45. The summed E-state index contributed by atoms with van der Waals surface area (Å²) >= 11 is 0. The first-order valence-corrected chi connectivity index (χ1v) is 8.36. The Hall–Kier alpha value is -1.52. The number of nitrogens with zero attached hydrogens (tertiary/aromatic N) is 1. The number of halogens is 1. The molecule has 4 heterocycles. The van der Waals surface area contributed by atoms with Gasteiger partial charge in [0.2, 0.25) is 0 Å². The van der Waals surface area contributed by atoms with Crippen molar-refractivity contribution in [3.05, 3.63) is 36.0 Å². The maximum absolute atomic E-state index is 12.7. The van der Waals surface area contributed by atoms with E-state index < -0.39 is 0 Å². The van der Waals surface area contributed by atoms with Crippen LogP contribution in [0.1, 0.15) is 23.2 Å². The Morgan fingerprint density at radius 1 is 1.13 bits per heavy atom. The van der Waals surface area contributed by atoms with E-state index in [1.807, 2.05) is 30.5 Å². The molecule has 1 saturated carbocycles. The zero-order valence-corrected chi connectivity index (χ0v) is 13.8. The molecule has 4 nitrogen and oxygen atoms in total. The highest BCUT2D eigenvalue weighted by Crippen LogP contribution is 2.43. The number of carbonyl (C=O) groups excluding carboxylic acids is 1. The van der Waals surface area contributed by atoms with Crippen molar-refractivity contribution in [2.75, 3.05) is 19.6 Å². The average Bonchev–Trinajstić information content (AvgIpc) is 2.97. The molecule has 1 aromatic carbocycles. The standard InChI is InChI=1S/C18H21N3O.ClH/c22-18(13-1-2-16-12(7-13)3-4-19-16)20-17-14-5-11-6-15(17)10-21(8-11)9-14;/h1-4,7,11,14-15,17,19H,5-6,8-10H2,(H,20,22);1H/t11?,14-,15-,17?;/m1./s1. The van der Waals surface area contributed by atoms with Gasteiger partial charge in [0.15, 0.2) is 0 Å². The van der Waals surface area contributed by atoms with E-state index in [1.165, 1.54) is 32.5 Å². The van der Waals surface area contributed by atoms with Crippen molar-refractivity contribution in [1.29, 1.82) is 0 Å². The number of piperidine rings is 3. The average molecular weight is 332 g/mol. The lowest BCUT2D eigenvalue weighted by Gasteiger charge is -2.55. The Morgan fingerprint density at radius 3 is 2.65 bits per heavy atom. The van der Waals surface area contributed by atoms with Crippen LogP contribution >= 0.6 is 12.4 Å². The molecule has 23 heavy (non-hydrogen) atoms. The van der Waals surface area contributed by atoms with Crippen LogP contribution in [-0.2, 0) is 0 Å². The molecule has 4 bridgehead atoms. The van der Waals surface area contributed by atoms with E-state index in [0.717, 1.165) is 22.4 Å². The maximum Gasteiger partial charge on any atom is 0.251 e. The summed E-state index contributed by atoms with van der Waals surface area (Å²) in [6, 6.07) is 8.30. The van der Waals surface area contributed by atoms with E-state index in [9.17, 15) is 4.79 Å². The fraction of sp³-hybridized carbons (Fsp3) is 0.500. The monoisotopic (exact) mass is 331 g/mol. The minimum Gasteiger partial charge on any atom is -0.361 e. The van der Waals surface area contributed by atoms with Gasteiger partial charge in [-0.25, -0.2) is 0 Å². The summed E-state index contributed by atoms with van der Waals surface area (Å²) in [7, 11) is 0.